The number of hydrogen-bond donors (Lipinski definition) is 0. The lowest BCUT2D eigenvalue weighted by Gasteiger charge is -1.93. The van der Waals surface area contributed by atoms with Crippen LogP contribution >= 0.6 is 0 Å². The lowest BCUT2D eigenvalue weighted by Crippen LogP contribution is -1.93. The first-order chi connectivity index (χ1) is 4.88. The van der Waals surface area contributed by atoms with Crippen LogP contribution in [0.4, 0.5) is 4.39 Å². The van der Waals surface area contributed by atoms with Gasteiger partial charge in [0.05, 0.1) is 0 Å². The second-order valence-electron chi connectivity index (χ2n) is 1.90. The number of halogens is 1. The number of hydrogen-bond acceptors (Lipinski definition) is 2. The molecule has 0 bridgehead atoms. The Balaban J connectivity index is 2.59. The van der Waals surface area contributed by atoms with E-state index in [1.807, 2.05) is 0 Å². The summed E-state index contributed by atoms with van der Waals surface area (Å²) in [4.78, 5) is 0. The molecule has 0 atom stereocenters. The van der Waals surface area contributed by atoms with Crippen LogP contribution in [0, 0.1) is 11.9 Å². The molecule has 0 aromatic heterocycles. The molecule has 0 N–H and O–H groups in total. The van der Waals surface area contributed by atoms with Gasteiger partial charge >= 0.3 is 0 Å². The topological polar surface area (TPSA) is 18.5 Å². The van der Waals surface area contributed by atoms with Gasteiger partial charge in [-0.25, -0.2) is 4.39 Å². The first kappa shape index (κ1) is 5.53. The van der Waals surface area contributed by atoms with Crippen molar-refractivity contribution >= 4 is 0 Å². The van der Waals surface area contributed by atoms with Crippen molar-refractivity contribution in [1.82, 2.24) is 0 Å². The van der Waals surface area contributed by atoms with E-state index in [1.54, 1.807) is 6.07 Å². The molecule has 1 aliphatic rings. The Morgan fingerprint density at radius 1 is 1.40 bits per heavy atom. The van der Waals surface area contributed by atoms with Crippen LogP contribution in [0.15, 0.2) is 12.1 Å². The highest BCUT2D eigenvalue weighted by atomic mass is 19.1. The van der Waals surface area contributed by atoms with Crippen molar-refractivity contribution in [3.05, 3.63) is 24.0 Å². The Morgan fingerprint density at radius 3 is 3.10 bits per heavy atom. The molecule has 1 heterocycles. The zero-order valence-electron chi connectivity index (χ0n) is 5.06. The van der Waals surface area contributed by atoms with E-state index in [4.69, 9.17) is 9.47 Å². The van der Waals surface area contributed by atoms with Crippen molar-refractivity contribution in [2.45, 2.75) is 0 Å². The summed E-state index contributed by atoms with van der Waals surface area (Å²) >= 11 is 0. The molecule has 0 aliphatic carbocycles. The van der Waals surface area contributed by atoms with Crippen LogP contribution in [0.5, 0.6) is 11.5 Å². The summed E-state index contributed by atoms with van der Waals surface area (Å²) in [6.45, 7) is 0.101. The number of fused-ring (bicyclic) bond motifs is 1. The van der Waals surface area contributed by atoms with Gasteiger partial charge in [-0.2, -0.15) is 0 Å². The second-order valence-corrected chi connectivity index (χ2v) is 1.90. The lowest BCUT2D eigenvalue weighted by atomic mass is 10.3. The first-order valence-electron chi connectivity index (χ1n) is 2.83. The molecule has 2 nitrogen and oxygen atoms in total. The van der Waals surface area contributed by atoms with Gasteiger partial charge < -0.3 is 9.47 Å². The third-order valence-corrected chi connectivity index (χ3v) is 1.28. The van der Waals surface area contributed by atoms with E-state index in [0.717, 1.165) is 0 Å². The van der Waals surface area contributed by atoms with Gasteiger partial charge in [-0.05, 0) is 18.2 Å². The van der Waals surface area contributed by atoms with Crippen molar-refractivity contribution in [1.29, 1.82) is 0 Å². The van der Waals surface area contributed by atoms with Crippen LogP contribution in [-0.4, -0.2) is 6.79 Å². The zero-order valence-corrected chi connectivity index (χ0v) is 5.06. The monoisotopic (exact) mass is 139 g/mol. The van der Waals surface area contributed by atoms with Gasteiger partial charge in [0.25, 0.3) is 0 Å². The van der Waals surface area contributed by atoms with Gasteiger partial charge in [-0.1, -0.05) is 0 Å². The lowest BCUT2D eigenvalue weighted by molar-refractivity contribution is 0.171. The maximum atomic E-state index is 12.7. The smallest absolute Gasteiger partial charge is 0.231 e. The highest BCUT2D eigenvalue weighted by Gasteiger charge is 2.16. The Morgan fingerprint density at radius 2 is 2.30 bits per heavy atom. The molecule has 0 unspecified atom stereocenters. The summed E-state index contributed by atoms with van der Waals surface area (Å²) in [6, 6.07) is 5.34. The van der Waals surface area contributed by atoms with Gasteiger partial charge in [-0.3, -0.25) is 0 Å². The number of rotatable bonds is 0. The quantitative estimate of drug-likeness (QED) is 0.540. The normalized spacial score (nSPS) is 13.7. The van der Waals surface area contributed by atoms with E-state index in [0.29, 0.717) is 5.75 Å². The number of benzene rings is 1. The average molecular weight is 139 g/mol. The Bertz CT molecular complexity index is 260. The molecule has 1 aromatic rings. The van der Waals surface area contributed by atoms with Crippen LogP contribution in [0.3, 0.4) is 0 Å². The zero-order chi connectivity index (χ0) is 6.97. The van der Waals surface area contributed by atoms with Gasteiger partial charge in [0.15, 0.2) is 11.6 Å². The van der Waals surface area contributed by atoms with Crippen molar-refractivity contribution < 1.29 is 13.9 Å². The summed E-state index contributed by atoms with van der Waals surface area (Å²) < 4.78 is 22.4. The van der Waals surface area contributed by atoms with Gasteiger partial charge in [0.1, 0.15) is 0 Å². The van der Waals surface area contributed by atoms with E-state index < -0.39 is 5.82 Å². The molecule has 0 spiro atoms. The van der Waals surface area contributed by atoms with Gasteiger partial charge in [-0.15, -0.1) is 0 Å². The van der Waals surface area contributed by atoms with Gasteiger partial charge in [0.2, 0.25) is 12.5 Å². The molecule has 0 saturated heterocycles. The Kier molecular flexibility index (Phi) is 1.03. The molecular weight excluding hydrogens is 135 g/mol. The fraction of sp³-hybridized carbons (Fsp3) is 0.143. The van der Waals surface area contributed by atoms with Crippen LogP contribution in [0.2, 0.25) is 0 Å². The molecule has 51 valence electrons. The fourth-order valence-electron chi connectivity index (χ4n) is 0.838. The molecule has 0 saturated carbocycles. The minimum absolute atomic E-state index is 0.101. The van der Waals surface area contributed by atoms with Crippen molar-refractivity contribution in [2.75, 3.05) is 6.79 Å². The maximum Gasteiger partial charge on any atom is 0.231 e. The van der Waals surface area contributed by atoms with Crippen LogP contribution in [-0.2, 0) is 0 Å². The second kappa shape index (κ2) is 1.87. The third-order valence-electron chi connectivity index (χ3n) is 1.28. The highest BCUT2D eigenvalue weighted by molar-refractivity contribution is 5.41. The largest absolute Gasteiger partial charge is 0.453 e. The molecule has 0 amide bonds. The van der Waals surface area contributed by atoms with Crippen LogP contribution < -0.4 is 9.47 Å². The van der Waals surface area contributed by atoms with Crippen LogP contribution in [0.1, 0.15) is 0 Å². The Labute approximate surface area is 57.2 Å². The molecular formula is C7H4FO2. The standard InChI is InChI=1S/C7H4FO2/c8-5-2-1-3-6-7(5)10-4-9-6/h2-3H,4H2. The van der Waals surface area contributed by atoms with E-state index in [1.165, 1.54) is 6.07 Å². The van der Waals surface area contributed by atoms with E-state index in [9.17, 15) is 4.39 Å². The van der Waals surface area contributed by atoms with Gasteiger partial charge in [0, 0.05) is 0 Å². The first-order valence-corrected chi connectivity index (χ1v) is 2.83. The SMILES string of the molecule is Fc1c[c]cc2c1OCO2. The third kappa shape index (κ3) is 0.635. The van der Waals surface area contributed by atoms with Crippen molar-refractivity contribution in [3.8, 4) is 11.5 Å². The van der Waals surface area contributed by atoms with E-state index in [2.05, 4.69) is 6.07 Å². The highest BCUT2D eigenvalue weighted by Crippen LogP contribution is 2.33. The fourth-order valence-corrected chi connectivity index (χ4v) is 0.838. The summed E-state index contributed by atoms with van der Waals surface area (Å²) in [7, 11) is 0. The molecule has 1 aliphatic heterocycles. The summed E-state index contributed by atoms with van der Waals surface area (Å²) in [5.74, 6) is 0.203. The molecule has 1 radical (unpaired) electrons. The average Bonchev–Trinajstić information content (AvgIpc) is 2.36. The molecule has 3 heteroatoms. The van der Waals surface area contributed by atoms with Crippen molar-refractivity contribution in [2.24, 2.45) is 0 Å². The molecule has 0 fully saturated rings. The minimum Gasteiger partial charge on any atom is -0.453 e. The predicted molar refractivity (Wildman–Crippen MR) is 31.4 cm³/mol. The van der Waals surface area contributed by atoms with Crippen LogP contribution in [0.25, 0.3) is 0 Å². The molecule has 2 rings (SSSR count). The maximum absolute atomic E-state index is 12.7. The molecule has 10 heavy (non-hydrogen) atoms. The summed E-state index contributed by atoms with van der Waals surface area (Å²) in [5, 5.41) is 0. The predicted octanol–water partition coefficient (Wildman–Crippen LogP) is 1.35. The summed E-state index contributed by atoms with van der Waals surface area (Å²) in [6.07, 6.45) is 0. The Hall–Kier alpha value is -1.25. The van der Waals surface area contributed by atoms with Crippen molar-refractivity contribution in [3.63, 3.8) is 0 Å². The number of ether oxygens (including phenoxy) is 2. The minimum atomic E-state index is -0.421. The summed E-state index contributed by atoms with van der Waals surface area (Å²) in [5.41, 5.74) is 0. The molecule has 1 aromatic carbocycles. The van der Waals surface area contributed by atoms with E-state index in [-0.39, 0.29) is 12.5 Å². The van der Waals surface area contributed by atoms with E-state index >= 15 is 0 Å².